The summed E-state index contributed by atoms with van der Waals surface area (Å²) in [4.78, 5) is 28.8. The number of fused-ring (bicyclic) bond motifs is 1. The van der Waals surface area contributed by atoms with E-state index < -0.39 is 11.5 Å². The van der Waals surface area contributed by atoms with Crippen LogP contribution in [0.3, 0.4) is 0 Å². The zero-order valence-corrected chi connectivity index (χ0v) is 11.6. The minimum Gasteiger partial charge on any atom is -0.480 e. The van der Waals surface area contributed by atoms with Gasteiger partial charge in [-0.2, -0.15) is 5.10 Å². The molecule has 1 amide bonds. The number of carboxylic acid groups (broad SMARTS) is 1. The van der Waals surface area contributed by atoms with Crippen molar-refractivity contribution in [3.63, 3.8) is 0 Å². The Morgan fingerprint density at radius 3 is 2.65 bits per heavy atom. The highest BCUT2D eigenvalue weighted by Crippen LogP contribution is 2.19. The quantitative estimate of drug-likeness (QED) is 0.905. The van der Waals surface area contributed by atoms with Crippen molar-refractivity contribution in [2.45, 2.75) is 26.3 Å². The van der Waals surface area contributed by atoms with E-state index in [4.69, 9.17) is 5.11 Å². The third-order valence-electron chi connectivity index (χ3n) is 2.90. The molecule has 0 aliphatic carbocycles. The number of nitrogens with zero attached hydrogens (tertiary/aromatic N) is 4. The smallest absolute Gasteiger partial charge is 0.323 e. The number of carbonyl (C=O) groups is 2. The van der Waals surface area contributed by atoms with Gasteiger partial charge in [0.15, 0.2) is 0 Å². The van der Waals surface area contributed by atoms with Gasteiger partial charge in [-0.05, 0) is 20.8 Å². The van der Waals surface area contributed by atoms with Crippen LogP contribution in [0.25, 0.3) is 5.52 Å². The highest BCUT2D eigenvalue weighted by molar-refractivity contribution is 6.01. The molecule has 106 valence electrons. The predicted molar refractivity (Wildman–Crippen MR) is 71.4 cm³/mol. The molecule has 20 heavy (non-hydrogen) atoms. The number of amides is 1. The summed E-state index contributed by atoms with van der Waals surface area (Å²) in [5, 5.41) is 13.0. The number of rotatable bonds is 3. The molecule has 0 atom stereocenters. The van der Waals surface area contributed by atoms with Crippen LogP contribution in [0.4, 0.5) is 0 Å². The maximum Gasteiger partial charge on any atom is 0.323 e. The van der Waals surface area contributed by atoms with Crippen LogP contribution in [-0.2, 0) is 4.79 Å². The first kappa shape index (κ1) is 14.0. The van der Waals surface area contributed by atoms with Crippen LogP contribution in [-0.4, -0.2) is 48.6 Å². The number of hydrogen-bond acceptors (Lipinski definition) is 4. The van der Waals surface area contributed by atoms with Crippen molar-refractivity contribution >= 4 is 17.4 Å². The SMILES string of the molecule is CC(C)(C)N(CC(=O)O)C(=O)c1cnn2ccncc12. The third-order valence-corrected chi connectivity index (χ3v) is 2.90. The zero-order chi connectivity index (χ0) is 14.9. The van der Waals surface area contributed by atoms with Crippen molar-refractivity contribution in [3.05, 3.63) is 30.4 Å². The molecule has 0 bridgehead atoms. The van der Waals surface area contributed by atoms with Crippen molar-refractivity contribution in [3.8, 4) is 0 Å². The highest BCUT2D eigenvalue weighted by Gasteiger charge is 2.30. The number of hydrogen-bond donors (Lipinski definition) is 1. The van der Waals surface area contributed by atoms with E-state index in [-0.39, 0.29) is 12.5 Å². The molecule has 2 aromatic rings. The van der Waals surface area contributed by atoms with E-state index in [2.05, 4.69) is 10.1 Å². The van der Waals surface area contributed by atoms with Gasteiger partial charge in [-0.1, -0.05) is 0 Å². The standard InChI is InChI=1S/C13H16N4O3/c1-13(2,3)16(8-11(18)19)12(20)9-6-15-17-5-4-14-7-10(9)17/h4-7H,8H2,1-3H3,(H,18,19). The van der Waals surface area contributed by atoms with Gasteiger partial charge < -0.3 is 10.0 Å². The summed E-state index contributed by atoms with van der Waals surface area (Å²) in [6.07, 6.45) is 6.15. The van der Waals surface area contributed by atoms with Gasteiger partial charge in [0.2, 0.25) is 0 Å². The van der Waals surface area contributed by atoms with E-state index in [1.807, 2.05) is 0 Å². The second-order valence-corrected chi connectivity index (χ2v) is 5.42. The first-order valence-corrected chi connectivity index (χ1v) is 6.12. The Hall–Kier alpha value is -2.44. The molecule has 0 aliphatic heterocycles. The minimum absolute atomic E-state index is 0.342. The Labute approximate surface area is 115 Å². The number of aliphatic carboxylic acids is 1. The molecule has 0 unspecified atom stereocenters. The molecular weight excluding hydrogens is 260 g/mol. The lowest BCUT2D eigenvalue weighted by atomic mass is 10.0. The maximum atomic E-state index is 12.6. The van der Waals surface area contributed by atoms with Crippen molar-refractivity contribution in [1.29, 1.82) is 0 Å². The van der Waals surface area contributed by atoms with Crippen LogP contribution in [0.1, 0.15) is 31.1 Å². The van der Waals surface area contributed by atoms with Crippen LogP contribution in [0.2, 0.25) is 0 Å². The van der Waals surface area contributed by atoms with Crippen molar-refractivity contribution < 1.29 is 14.7 Å². The molecule has 0 saturated carbocycles. The third kappa shape index (κ3) is 2.61. The second kappa shape index (κ2) is 4.92. The van der Waals surface area contributed by atoms with Gasteiger partial charge in [-0.15, -0.1) is 0 Å². The highest BCUT2D eigenvalue weighted by atomic mass is 16.4. The molecule has 2 aromatic heterocycles. The average molecular weight is 276 g/mol. The van der Waals surface area contributed by atoms with E-state index in [1.54, 1.807) is 33.2 Å². The molecule has 0 spiro atoms. The fourth-order valence-corrected chi connectivity index (χ4v) is 1.89. The van der Waals surface area contributed by atoms with Gasteiger partial charge in [-0.3, -0.25) is 14.6 Å². The largest absolute Gasteiger partial charge is 0.480 e. The van der Waals surface area contributed by atoms with Crippen LogP contribution >= 0.6 is 0 Å². The van der Waals surface area contributed by atoms with Gasteiger partial charge >= 0.3 is 5.97 Å². The van der Waals surface area contributed by atoms with E-state index in [0.717, 1.165) is 0 Å². The molecule has 0 aliphatic rings. The lowest BCUT2D eigenvalue weighted by Crippen LogP contribution is -2.48. The Morgan fingerprint density at radius 2 is 2.05 bits per heavy atom. The normalized spacial score (nSPS) is 11.6. The van der Waals surface area contributed by atoms with Crippen LogP contribution in [0.5, 0.6) is 0 Å². The Kier molecular flexibility index (Phi) is 3.44. The first-order valence-electron chi connectivity index (χ1n) is 6.12. The summed E-state index contributed by atoms with van der Waals surface area (Å²) in [5.41, 5.74) is 0.290. The summed E-state index contributed by atoms with van der Waals surface area (Å²) in [6, 6.07) is 0. The average Bonchev–Trinajstić information content (AvgIpc) is 2.77. The molecule has 0 saturated heterocycles. The number of carboxylic acids is 1. The topological polar surface area (TPSA) is 87.8 Å². The number of carbonyl (C=O) groups excluding carboxylic acids is 1. The molecule has 0 fully saturated rings. The van der Waals surface area contributed by atoms with Crippen LogP contribution in [0, 0.1) is 0 Å². The summed E-state index contributed by atoms with van der Waals surface area (Å²) in [6.45, 7) is 5.01. The first-order chi connectivity index (χ1) is 9.30. The van der Waals surface area contributed by atoms with E-state index in [9.17, 15) is 9.59 Å². The second-order valence-electron chi connectivity index (χ2n) is 5.42. The van der Waals surface area contributed by atoms with Gasteiger partial charge in [0.25, 0.3) is 5.91 Å². The molecule has 1 N–H and O–H groups in total. The minimum atomic E-state index is -1.05. The van der Waals surface area contributed by atoms with Gasteiger partial charge in [-0.25, -0.2) is 4.52 Å². The molecule has 0 radical (unpaired) electrons. The predicted octanol–water partition coefficient (Wildman–Crippen LogP) is 1.05. The van der Waals surface area contributed by atoms with Crippen molar-refractivity contribution in [2.75, 3.05) is 6.54 Å². The van der Waals surface area contributed by atoms with Crippen molar-refractivity contribution in [2.24, 2.45) is 0 Å². The van der Waals surface area contributed by atoms with Gasteiger partial charge in [0, 0.05) is 17.9 Å². The fourth-order valence-electron chi connectivity index (χ4n) is 1.89. The lowest BCUT2D eigenvalue weighted by Gasteiger charge is -2.34. The zero-order valence-electron chi connectivity index (χ0n) is 11.6. The Morgan fingerprint density at radius 1 is 1.35 bits per heavy atom. The van der Waals surface area contributed by atoms with Crippen LogP contribution in [0.15, 0.2) is 24.8 Å². The van der Waals surface area contributed by atoms with E-state index in [0.29, 0.717) is 11.1 Å². The monoisotopic (exact) mass is 276 g/mol. The molecule has 7 heteroatoms. The van der Waals surface area contributed by atoms with Gasteiger partial charge in [0.05, 0.1) is 23.5 Å². The molecular formula is C13H16N4O3. The van der Waals surface area contributed by atoms with Crippen LogP contribution < -0.4 is 0 Å². The summed E-state index contributed by atoms with van der Waals surface area (Å²) >= 11 is 0. The summed E-state index contributed by atoms with van der Waals surface area (Å²) < 4.78 is 1.53. The molecule has 2 rings (SSSR count). The fraction of sp³-hybridized carbons (Fsp3) is 0.385. The van der Waals surface area contributed by atoms with E-state index in [1.165, 1.54) is 21.8 Å². The van der Waals surface area contributed by atoms with E-state index >= 15 is 0 Å². The summed E-state index contributed by atoms with van der Waals surface area (Å²) in [7, 11) is 0. The Bertz CT molecular complexity index is 657. The van der Waals surface area contributed by atoms with Gasteiger partial charge in [0.1, 0.15) is 6.54 Å². The summed E-state index contributed by atoms with van der Waals surface area (Å²) in [5.74, 6) is -1.43. The molecule has 0 aromatic carbocycles. The maximum absolute atomic E-state index is 12.6. The molecule has 2 heterocycles. The Balaban J connectivity index is 2.44. The van der Waals surface area contributed by atoms with Crippen molar-refractivity contribution in [1.82, 2.24) is 19.5 Å². The number of aromatic nitrogens is 3. The molecule has 7 nitrogen and oxygen atoms in total. The lowest BCUT2D eigenvalue weighted by molar-refractivity contribution is -0.138.